The first-order chi connectivity index (χ1) is 13.1. The van der Waals surface area contributed by atoms with Crippen LogP contribution in [-0.4, -0.2) is 37.5 Å². The molecule has 0 saturated carbocycles. The van der Waals surface area contributed by atoms with E-state index >= 15 is 0 Å². The molecule has 0 spiro atoms. The van der Waals surface area contributed by atoms with Gasteiger partial charge < -0.3 is 14.8 Å². The normalized spacial score (nSPS) is 10.1. The zero-order chi connectivity index (χ0) is 19.5. The topological polar surface area (TPSA) is 76.7 Å². The maximum Gasteiger partial charge on any atom is 0.411 e. The second-order valence-electron chi connectivity index (χ2n) is 5.67. The van der Waals surface area contributed by atoms with Gasteiger partial charge in [0.2, 0.25) is 0 Å². The summed E-state index contributed by atoms with van der Waals surface area (Å²) < 4.78 is 10.3. The van der Waals surface area contributed by atoms with Crippen molar-refractivity contribution in [2.75, 3.05) is 30.8 Å². The zero-order valence-corrected chi connectivity index (χ0v) is 16.3. The van der Waals surface area contributed by atoms with Crippen LogP contribution in [0, 0.1) is 6.92 Å². The number of carbonyl (C=O) groups is 2. The van der Waals surface area contributed by atoms with Crippen LogP contribution in [0.15, 0.2) is 53.4 Å². The van der Waals surface area contributed by atoms with Crippen LogP contribution in [0.2, 0.25) is 0 Å². The Labute approximate surface area is 163 Å². The van der Waals surface area contributed by atoms with Gasteiger partial charge in [-0.15, -0.1) is 11.8 Å². The summed E-state index contributed by atoms with van der Waals surface area (Å²) in [6.07, 6.45) is -0.529. The van der Waals surface area contributed by atoms with E-state index in [4.69, 9.17) is 9.47 Å². The number of hydrogen-bond acceptors (Lipinski definition) is 5. The lowest BCUT2D eigenvalue weighted by molar-refractivity contribution is -0.122. The summed E-state index contributed by atoms with van der Waals surface area (Å²) in [6, 6.07) is 15.1. The van der Waals surface area contributed by atoms with Gasteiger partial charge >= 0.3 is 6.09 Å². The summed E-state index contributed by atoms with van der Waals surface area (Å²) in [7, 11) is 0. The van der Waals surface area contributed by atoms with Crippen LogP contribution >= 0.6 is 11.8 Å². The Morgan fingerprint density at radius 3 is 2.63 bits per heavy atom. The smallest absolute Gasteiger partial charge is 0.411 e. The van der Waals surface area contributed by atoms with Crippen LogP contribution in [-0.2, 0) is 9.53 Å². The number of hydrogen-bond donors (Lipinski definition) is 2. The minimum Gasteiger partial charge on any atom is -0.484 e. The summed E-state index contributed by atoms with van der Waals surface area (Å²) in [4.78, 5) is 24.5. The van der Waals surface area contributed by atoms with Gasteiger partial charge in [0.05, 0.1) is 6.61 Å². The highest BCUT2D eigenvalue weighted by atomic mass is 32.2. The average Bonchev–Trinajstić information content (AvgIpc) is 2.65. The lowest BCUT2D eigenvalue weighted by Crippen LogP contribution is -2.30. The van der Waals surface area contributed by atoms with Crippen LogP contribution in [0.4, 0.5) is 10.5 Å². The molecule has 0 atom stereocenters. The Morgan fingerprint density at radius 2 is 1.89 bits per heavy atom. The van der Waals surface area contributed by atoms with Crippen molar-refractivity contribution in [1.82, 2.24) is 5.32 Å². The molecular formula is C20H24N2O4S. The van der Waals surface area contributed by atoms with E-state index in [0.717, 1.165) is 5.75 Å². The van der Waals surface area contributed by atoms with E-state index in [-0.39, 0.29) is 12.5 Å². The molecule has 0 aliphatic heterocycles. The molecule has 2 rings (SSSR count). The zero-order valence-electron chi connectivity index (χ0n) is 15.5. The molecule has 7 heteroatoms. The van der Waals surface area contributed by atoms with E-state index in [1.54, 1.807) is 43.0 Å². The molecule has 2 N–H and O–H groups in total. The van der Waals surface area contributed by atoms with Gasteiger partial charge in [-0.3, -0.25) is 10.1 Å². The van der Waals surface area contributed by atoms with Gasteiger partial charge in [-0.25, -0.2) is 4.79 Å². The molecule has 2 aromatic carbocycles. The van der Waals surface area contributed by atoms with E-state index in [2.05, 4.69) is 41.8 Å². The first kappa shape index (κ1) is 20.6. The number of nitrogens with one attached hydrogen (secondary N) is 2. The summed E-state index contributed by atoms with van der Waals surface area (Å²) in [5.74, 6) is 1.09. The molecule has 2 aromatic rings. The molecule has 0 bridgehead atoms. The minimum absolute atomic E-state index is 0.0853. The Morgan fingerprint density at radius 1 is 1.11 bits per heavy atom. The van der Waals surface area contributed by atoms with Crippen molar-refractivity contribution < 1.29 is 19.1 Å². The van der Waals surface area contributed by atoms with Crippen molar-refractivity contribution in [3.63, 3.8) is 0 Å². The third kappa shape index (κ3) is 8.04. The highest BCUT2D eigenvalue weighted by Crippen LogP contribution is 2.18. The monoisotopic (exact) mass is 388 g/mol. The predicted octanol–water partition coefficient (Wildman–Crippen LogP) is 3.85. The molecule has 6 nitrogen and oxygen atoms in total. The fourth-order valence-electron chi connectivity index (χ4n) is 2.14. The van der Waals surface area contributed by atoms with Crippen LogP contribution in [0.1, 0.15) is 12.5 Å². The number of anilines is 1. The number of amides is 2. The third-order valence-electron chi connectivity index (χ3n) is 3.44. The highest BCUT2D eigenvalue weighted by molar-refractivity contribution is 7.99. The SMILES string of the molecule is CCOC(=O)Nc1cccc(OCC(=O)NCCSc2ccc(C)cc2)c1. The largest absolute Gasteiger partial charge is 0.484 e. The predicted molar refractivity (Wildman–Crippen MR) is 107 cm³/mol. The fraction of sp³-hybridized carbons (Fsp3) is 0.300. The van der Waals surface area contributed by atoms with Crippen LogP contribution in [0.3, 0.4) is 0 Å². The van der Waals surface area contributed by atoms with Gasteiger partial charge in [0.15, 0.2) is 6.61 Å². The Bertz CT molecular complexity index is 750. The number of benzene rings is 2. The average molecular weight is 388 g/mol. The first-order valence-electron chi connectivity index (χ1n) is 8.69. The number of thioether (sulfide) groups is 1. The number of carbonyl (C=O) groups excluding carboxylic acids is 2. The second kappa shape index (κ2) is 11.1. The van der Waals surface area contributed by atoms with Crippen molar-refractivity contribution >= 4 is 29.4 Å². The van der Waals surface area contributed by atoms with Crippen LogP contribution in [0.25, 0.3) is 0 Å². The number of aryl methyl sites for hydroxylation is 1. The molecular weight excluding hydrogens is 364 g/mol. The highest BCUT2D eigenvalue weighted by Gasteiger charge is 2.05. The van der Waals surface area contributed by atoms with E-state index in [1.807, 2.05) is 0 Å². The summed E-state index contributed by atoms with van der Waals surface area (Å²) in [5.41, 5.74) is 1.77. The van der Waals surface area contributed by atoms with E-state index < -0.39 is 6.09 Å². The van der Waals surface area contributed by atoms with Crippen molar-refractivity contribution in [1.29, 1.82) is 0 Å². The molecule has 0 saturated heterocycles. The lowest BCUT2D eigenvalue weighted by atomic mass is 10.2. The molecule has 0 radical (unpaired) electrons. The Hall–Kier alpha value is -2.67. The van der Waals surface area contributed by atoms with Gasteiger partial charge in [0, 0.05) is 28.9 Å². The maximum atomic E-state index is 11.9. The standard InChI is InChI=1S/C20H24N2O4S/c1-3-25-20(24)22-16-5-4-6-17(13-16)26-14-19(23)21-11-12-27-18-9-7-15(2)8-10-18/h4-10,13H,3,11-12,14H2,1-2H3,(H,21,23)(H,22,24). The fourth-order valence-corrected chi connectivity index (χ4v) is 2.91. The van der Waals surface area contributed by atoms with Gasteiger partial charge in [-0.2, -0.15) is 0 Å². The molecule has 0 aliphatic rings. The number of rotatable bonds is 9. The van der Waals surface area contributed by atoms with E-state index in [9.17, 15) is 9.59 Å². The molecule has 27 heavy (non-hydrogen) atoms. The molecule has 2 amide bonds. The maximum absolute atomic E-state index is 11.9. The molecule has 0 aliphatic carbocycles. The molecule has 0 aromatic heterocycles. The van der Waals surface area contributed by atoms with E-state index in [0.29, 0.717) is 24.6 Å². The van der Waals surface area contributed by atoms with Crippen LogP contribution in [0.5, 0.6) is 5.75 Å². The molecule has 144 valence electrons. The summed E-state index contributed by atoms with van der Waals surface area (Å²) >= 11 is 1.69. The molecule has 0 heterocycles. The second-order valence-corrected chi connectivity index (χ2v) is 6.84. The van der Waals surface area contributed by atoms with Crippen molar-refractivity contribution in [2.45, 2.75) is 18.7 Å². The minimum atomic E-state index is -0.529. The molecule has 0 fully saturated rings. The number of ether oxygens (including phenoxy) is 2. The van der Waals surface area contributed by atoms with Gasteiger partial charge in [-0.1, -0.05) is 23.8 Å². The van der Waals surface area contributed by atoms with Crippen LogP contribution < -0.4 is 15.4 Å². The summed E-state index contributed by atoms with van der Waals surface area (Å²) in [6.45, 7) is 4.56. The third-order valence-corrected chi connectivity index (χ3v) is 4.45. The van der Waals surface area contributed by atoms with Crippen molar-refractivity contribution in [3.8, 4) is 5.75 Å². The quantitative estimate of drug-likeness (QED) is 0.504. The lowest BCUT2D eigenvalue weighted by Gasteiger charge is -2.09. The molecule has 0 unspecified atom stereocenters. The summed E-state index contributed by atoms with van der Waals surface area (Å²) in [5, 5.41) is 5.41. The van der Waals surface area contributed by atoms with Gasteiger partial charge in [0.1, 0.15) is 5.75 Å². The van der Waals surface area contributed by atoms with E-state index in [1.165, 1.54) is 10.5 Å². The van der Waals surface area contributed by atoms with Gasteiger partial charge in [0.25, 0.3) is 5.91 Å². The Kier molecular flexibility index (Phi) is 8.51. The van der Waals surface area contributed by atoms with Crippen molar-refractivity contribution in [3.05, 3.63) is 54.1 Å². The Balaban J connectivity index is 1.67. The van der Waals surface area contributed by atoms with Gasteiger partial charge in [-0.05, 0) is 38.1 Å². The first-order valence-corrected chi connectivity index (χ1v) is 9.68. The van der Waals surface area contributed by atoms with Crippen molar-refractivity contribution in [2.24, 2.45) is 0 Å².